The zero-order valence-electron chi connectivity index (χ0n) is 15.5. The van der Waals surface area contributed by atoms with Gasteiger partial charge in [-0.05, 0) is 25.3 Å². The molecule has 6 nitrogen and oxygen atoms in total. The Morgan fingerprint density at radius 2 is 1.73 bits per heavy atom. The van der Waals surface area contributed by atoms with E-state index in [9.17, 15) is 19.5 Å². The van der Waals surface area contributed by atoms with Crippen LogP contribution >= 0.6 is 0 Å². The molecule has 0 radical (unpaired) electrons. The van der Waals surface area contributed by atoms with Crippen LogP contribution in [0.4, 0.5) is 0 Å². The van der Waals surface area contributed by atoms with Gasteiger partial charge < -0.3 is 15.7 Å². The fraction of sp³-hybridized carbons (Fsp3) is 0.550. The third kappa shape index (κ3) is 5.31. The Morgan fingerprint density at radius 1 is 1.12 bits per heavy atom. The fourth-order valence-corrected chi connectivity index (χ4v) is 3.52. The van der Waals surface area contributed by atoms with Crippen LogP contribution < -0.4 is 10.6 Å². The van der Waals surface area contributed by atoms with E-state index >= 15 is 0 Å². The average molecular weight is 360 g/mol. The molecule has 1 fully saturated rings. The summed E-state index contributed by atoms with van der Waals surface area (Å²) in [5.41, 5.74) is 1.09. The minimum atomic E-state index is -0.860. The molecule has 1 aromatic rings. The van der Waals surface area contributed by atoms with E-state index in [1.165, 1.54) is 6.92 Å². The highest BCUT2D eigenvalue weighted by atomic mass is 16.4. The highest BCUT2D eigenvalue weighted by Crippen LogP contribution is 2.36. The summed E-state index contributed by atoms with van der Waals surface area (Å²) in [4.78, 5) is 35.6. The minimum absolute atomic E-state index is 0.0817. The molecular weight excluding hydrogens is 332 g/mol. The largest absolute Gasteiger partial charge is 0.481 e. The Bertz CT molecular complexity index is 648. The number of hydrogen-bond acceptors (Lipinski definition) is 3. The number of benzene rings is 1. The van der Waals surface area contributed by atoms with Crippen molar-refractivity contribution in [3.8, 4) is 0 Å². The van der Waals surface area contributed by atoms with Gasteiger partial charge in [0.1, 0.15) is 0 Å². The van der Waals surface area contributed by atoms with Crippen molar-refractivity contribution in [3.63, 3.8) is 0 Å². The molecule has 1 aliphatic rings. The van der Waals surface area contributed by atoms with Crippen LogP contribution in [0.5, 0.6) is 0 Å². The first-order chi connectivity index (χ1) is 12.3. The number of rotatable bonds is 7. The average Bonchev–Trinajstić information content (AvgIpc) is 2.60. The number of hydrogen-bond donors (Lipinski definition) is 3. The van der Waals surface area contributed by atoms with Gasteiger partial charge in [0.25, 0.3) is 0 Å². The molecule has 1 saturated carbocycles. The monoisotopic (exact) mass is 360 g/mol. The van der Waals surface area contributed by atoms with Crippen LogP contribution in [0, 0.1) is 12.3 Å². The molecule has 0 saturated heterocycles. The Hall–Kier alpha value is -2.37. The number of carbonyl (C=O) groups excluding carboxylic acids is 2. The summed E-state index contributed by atoms with van der Waals surface area (Å²) in [7, 11) is 0. The van der Waals surface area contributed by atoms with Crippen molar-refractivity contribution < 1.29 is 19.5 Å². The van der Waals surface area contributed by atoms with Crippen molar-refractivity contribution in [1.82, 2.24) is 10.6 Å². The molecule has 0 spiro atoms. The molecule has 0 aliphatic heterocycles. The first kappa shape index (κ1) is 19.9. The molecule has 3 N–H and O–H groups in total. The lowest BCUT2D eigenvalue weighted by Gasteiger charge is -2.33. The zero-order chi connectivity index (χ0) is 19.2. The number of amides is 2. The number of carboxylic acids is 1. The normalized spacial score (nSPS) is 17.2. The maximum Gasteiger partial charge on any atom is 0.311 e. The highest BCUT2D eigenvalue weighted by molar-refractivity contribution is 5.80. The van der Waals surface area contributed by atoms with Crippen molar-refractivity contribution in [2.75, 3.05) is 6.54 Å². The smallest absolute Gasteiger partial charge is 0.311 e. The summed E-state index contributed by atoms with van der Waals surface area (Å²) in [6, 6.07) is 7.22. The second-order valence-corrected chi connectivity index (χ2v) is 7.29. The lowest BCUT2D eigenvalue weighted by molar-refractivity contribution is -0.151. The van der Waals surface area contributed by atoms with Crippen LogP contribution in [0.25, 0.3) is 0 Å². The molecule has 0 heterocycles. The summed E-state index contributed by atoms with van der Waals surface area (Å²) in [6.45, 7) is 3.53. The summed E-state index contributed by atoms with van der Waals surface area (Å²) < 4.78 is 0. The predicted octanol–water partition coefficient (Wildman–Crippen LogP) is 2.71. The summed E-state index contributed by atoms with van der Waals surface area (Å²) in [6.07, 6.45) is 4.06. The number of carboxylic acid groups (broad SMARTS) is 1. The first-order valence-corrected chi connectivity index (χ1v) is 9.16. The predicted molar refractivity (Wildman–Crippen MR) is 98.5 cm³/mol. The van der Waals surface area contributed by atoms with Gasteiger partial charge in [0, 0.05) is 13.5 Å². The van der Waals surface area contributed by atoms with Crippen molar-refractivity contribution in [3.05, 3.63) is 35.4 Å². The van der Waals surface area contributed by atoms with E-state index in [0.29, 0.717) is 12.8 Å². The molecule has 142 valence electrons. The summed E-state index contributed by atoms with van der Waals surface area (Å²) in [5.74, 6) is -1.30. The molecule has 2 rings (SSSR count). The lowest BCUT2D eigenvalue weighted by atomic mass is 9.74. The van der Waals surface area contributed by atoms with Gasteiger partial charge in [-0.15, -0.1) is 0 Å². The maximum atomic E-state index is 12.4. The number of aryl methyl sites for hydroxylation is 1. The molecule has 0 aromatic heterocycles. The van der Waals surface area contributed by atoms with Crippen LogP contribution in [-0.4, -0.2) is 29.4 Å². The summed E-state index contributed by atoms with van der Waals surface area (Å²) in [5, 5.41) is 15.2. The number of carbonyl (C=O) groups is 3. The van der Waals surface area contributed by atoms with Crippen molar-refractivity contribution in [2.45, 2.75) is 58.4 Å². The van der Waals surface area contributed by atoms with Gasteiger partial charge in [-0.3, -0.25) is 14.4 Å². The second kappa shape index (κ2) is 8.83. The van der Waals surface area contributed by atoms with E-state index in [1.54, 1.807) is 0 Å². The van der Waals surface area contributed by atoms with Gasteiger partial charge in [0.15, 0.2) is 0 Å². The van der Waals surface area contributed by atoms with Crippen molar-refractivity contribution in [1.29, 1.82) is 0 Å². The van der Waals surface area contributed by atoms with Gasteiger partial charge in [-0.2, -0.15) is 0 Å². The molecule has 26 heavy (non-hydrogen) atoms. The van der Waals surface area contributed by atoms with Crippen molar-refractivity contribution >= 4 is 17.8 Å². The number of nitrogens with one attached hydrogen (secondary N) is 2. The SMILES string of the molecule is CC(=O)NC(CC(=O)NCC1(C(=O)O)CCCCC1)c1ccc(C)cc1. The van der Waals surface area contributed by atoms with Gasteiger partial charge in [-0.25, -0.2) is 0 Å². The lowest BCUT2D eigenvalue weighted by Crippen LogP contribution is -2.45. The third-order valence-electron chi connectivity index (χ3n) is 5.14. The van der Waals surface area contributed by atoms with E-state index < -0.39 is 17.4 Å². The van der Waals surface area contributed by atoms with Crippen LogP contribution in [0.3, 0.4) is 0 Å². The molecule has 1 atom stereocenters. The van der Waals surface area contributed by atoms with E-state index in [2.05, 4.69) is 10.6 Å². The molecule has 1 unspecified atom stereocenters. The number of aliphatic carboxylic acids is 1. The van der Waals surface area contributed by atoms with E-state index in [4.69, 9.17) is 0 Å². The highest BCUT2D eigenvalue weighted by Gasteiger charge is 2.39. The van der Waals surface area contributed by atoms with Gasteiger partial charge in [-0.1, -0.05) is 49.1 Å². The fourth-order valence-electron chi connectivity index (χ4n) is 3.52. The second-order valence-electron chi connectivity index (χ2n) is 7.29. The maximum absolute atomic E-state index is 12.4. The molecular formula is C20H28N2O4. The molecule has 0 bridgehead atoms. The summed E-state index contributed by atoms with van der Waals surface area (Å²) >= 11 is 0. The Balaban J connectivity index is 2.01. The van der Waals surface area contributed by atoms with Crippen LogP contribution in [0.1, 0.15) is 62.6 Å². The topological polar surface area (TPSA) is 95.5 Å². The Kier molecular flexibility index (Phi) is 6.77. The zero-order valence-corrected chi connectivity index (χ0v) is 15.5. The standard InChI is InChI=1S/C20H28N2O4/c1-14-6-8-16(9-7-14)17(22-15(2)23)12-18(24)21-13-20(19(25)26)10-4-3-5-11-20/h6-9,17H,3-5,10-13H2,1-2H3,(H,21,24)(H,22,23)(H,25,26). The first-order valence-electron chi connectivity index (χ1n) is 9.16. The minimum Gasteiger partial charge on any atom is -0.481 e. The van der Waals surface area contributed by atoms with Crippen LogP contribution in [0.15, 0.2) is 24.3 Å². The Labute approximate surface area is 154 Å². The van der Waals surface area contributed by atoms with Crippen molar-refractivity contribution in [2.24, 2.45) is 5.41 Å². The van der Waals surface area contributed by atoms with Crippen LogP contribution in [0.2, 0.25) is 0 Å². The molecule has 1 aromatic carbocycles. The molecule has 1 aliphatic carbocycles. The third-order valence-corrected chi connectivity index (χ3v) is 5.14. The van der Waals surface area contributed by atoms with Crippen LogP contribution in [-0.2, 0) is 14.4 Å². The van der Waals surface area contributed by atoms with Gasteiger partial charge in [0.2, 0.25) is 11.8 Å². The van der Waals surface area contributed by atoms with E-state index in [0.717, 1.165) is 30.4 Å². The Morgan fingerprint density at radius 3 is 2.27 bits per heavy atom. The quantitative estimate of drug-likeness (QED) is 0.697. The molecule has 2 amide bonds. The van der Waals surface area contributed by atoms with Gasteiger partial charge >= 0.3 is 5.97 Å². The van der Waals surface area contributed by atoms with E-state index in [-0.39, 0.29) is 24.8 Å². The van der Waals surface area contributed by atoms with Gasteiger partial charge in [0.05, 0.1) is 17.9 Å². The van der Waals surface area contributed by atoms with E-state index in [1.807, 2.05) is 31.2 Å². The molecule has 6 heteroatoms.